The second-order valence-electron chi connectivity index (χ2n) is 3.85. The Bertz CT molecular complexity index is 259. The highest BCUT2D eigenvalue weighted by atomic mass is 16.3. The third kappa shape index (κ3) is 0.807. The Hall–Kier alpha value is -0.670. The molecule has 1 fully saturated rings. The number of carbonyl (C=O) groups is 1. The van der Waals surface area contributed by atoms with Crippen molar-refractivity contribution in [2.75, 3.05) is 0 Å². The van der Waals surface area contributed by atoms with Crippen molar-refractivity contribution in [3.05, 3.63) is 12.2 Å². The number of hydrogen-bond acceptors (Lipinski definition) is 3. The van der Waals surface area contributed by atoms with Gasteiger partial charge in [0.2, 0.25) is 0 Å². The molecule has 12 heavy (non-hydrogen) atoms. The predicted molar refractivity (Wildman–Crippen MR) is 44.3 cm³/mol. The van der Waals surface area contributed by atoms with Gasteiger partial charge in [-0.1, -0.05) is 12.2 Å². The molecular formula is C9H13NO2. The second-order valence-corrected chi connectivity index (χ2v) is 3.85. The average molecular weight is 167 g/mol. The molecule has 2 aliphatic carbocycles. The highest BCUT2D eigenvalue weighted by molar-refractivity contribution is 5.94. The summed E-state index contributed by atoms with van der Waals surface area (Å²) >= 11 is 0. The molecule has 0 spiro atoms. The third-order valence-electron chi connectivity index (χ3n) is 2.93. The zero-order valence-corrected chi connectivity index (χ0v) is 7.03. The molecule has 2 rings (SSSR count). The van der Waals surface area contributed by atoms with E-state index < -0.39 is 12.1 Å². The van der Waals surface area contributed by atoms with E-state index in [-0.39, 0.29) is 17.1 Å². The number of fused-ring (bicyclic) bond motifs is 1. The fourth-order valence-electron chi connectivity index (χ4n) is 2.12. The van der Waals surface area contributed by atoms with E-state index in [1.54, 1.807) is 13.0 Å². The van der Waals surface area contributed by atoms with Crippen LogP contribution in [-0.2, 0) is 4.79 Å². The largest absolute Gasteiger partial charge is 0.389 e. The minimum atomic E-state index is -0.423. The maximum absolute atomic E-state index is 11.6. The van der Waals surface area contributed by atoms with Crippen LogP contribution in [0.2, 0.25) is 0 Å². The molecule has 0 aromatic rings. The van der Waals surface area contributed by atoms with Crippen molar-refractivity contribution >= 4 is 5.78 Å². The van der Waals surface area contributed by atoms with Gasteiger partial charge in [0.1, 0.15) is 0 Å². The second kappa shape index (κ2) is 2.18. The molecular weight excluding hydrogens is 154 g/mol. The molecule has 0 radical (unpaired) electrons. The number of aliphatic hydroxyl groups is 1. The van der Waals surface area contributed by atoms with Crippen LogP contribution >= 0.6 is 0 Å². The Morgan fingerprint density at radius 3 is 2.83 bits per heavy atom. The van der Waals surface area contributed by atoms with Gasteiger partial charge in [-0.2, -0.15) is 0 Å². The van der Waals surface area contributed by atoms with Gasteiger partial charge in [-0.15, -0.1) is 0 Å². The summed E-state index contributed by atoms with van der Waals surface area (Å²) in [5.74, 6) is 0.191. The summed E-state index contributed by atoms with van der Waals surface area (Å²) in [6.07, 6.45) is 3.89. The molecule has 0 aliphatic heterocycles. The minimum Gasteiger partial charge on any atom is -0.389 e. The highest BCUT2D eigenvalue weighted by Crippen LogP contribution is 2.60. The van der Waals surface area contributed by atoms with Crippen LogP contribution < -0.4 is 5.73 Å². The lowest BCUT2D eigenvalue weighted by atomic mass is 9.96. The molecule has 0 amide bonds. The number of carbonyl (C=O) groups excluding carboxylic acids is 1. The Balaban J connectivity index is 2.18. The molecule has 66 valence electrons. The first-order chi connectivity index (χ1) is 5.58. The molecule has 4 atom stereocenters. The van der Waals surface area contributed by atoms with Crippen LogP contribution in [0.15, 0.2) is 12.2 Å². The van der Waals surface area contributed by atoms with Crippen molar-refractivity contribution in [2.24, 2.45) is 17.1 Å². The van der Waals surface area contributed by atoms with Crippen molar-refractivity contribution in [1.29, 1.82) is 0 Å². The van der Waals surface area contributed by atoms with Gasteiger partial charge in [-0.25, -0.2) is 0 Å². The molecule has 0 heterocycles. The van der Waals surface area contributed by atoms with Crippen molar-refractivity contribution in [2.45, 2.75) is 25.5 Å². The van der Waals surface area contributed by atoms with Crippen LogP contribution in [0.5, 0.6) is 0 Å². The van der Waals surface area contributed by atoms with Crippen LogP contribution in [0, 0.1) is 11.3 Å². The van der Waals surface area contributed by atoms with Gasteiger partial charge in [0.05, 0.1) is 17.6 Å². The predicted octanol–water partition coefficient (Wildman–Crippen LogP) is -0.160. The van der Waals surface area contributed by atoms with Gasteiger partial charge >= 0.3 is 0 Å². The number of nitrogens with two attached hydrogens (primary N) is 1. The molecule has 3 heteroatoms. The average Bonchev–Trinajstić information content (AvgIpc) is 2.68. The van der Waals surface area contributed by atoms with E-state index in [9.17, 15) is 9.90 Å². The van der Waals surface area contributed by atoms with E-state index in [4.69, 9.17) is 5.73 Å². The molecule has 3 nitrogen and oxygen atoms in total. The van der Waals surface area contributed by atoms with E-state index in [1.807, 2.05) is 6.08 Å². The number of hydrogen-bond donors (Lipinski definition) is 2. The normalized spacial score (nSPS) is 45.6. The first kappa shape index (κ1) is 7.95. The standard InChI is InChI=1S/C9H13NO2/c1-5(10)8(12)9-3-2-7(11)6(9)4-9/h2-3,5-7,11H,4,10H2,1H3/t5-,6-,7+,9+/m0/s1. The highest BCUT2D eigenvalue weighted by Gasteiger charge is 2.63. The van der Waals surface area contributed by atoms with Gasteiger partial charge < -0.3 is 10.8 Å². The minimum absolute atomic E-state index is 0.0697. The van der Waals surface area contributed by atoms with Crippen LogP contribution in [0.4, 0.5) is 0 Å². The van der Waals surface area contributed by atoms with E-state index in [0.29, 0.717) is 0 Å². The number of Topliss-reactive ketones (excluding diaryl/α,β-unsaturated/α-hetero) is 1. The number of allylic oxidation sites excluding steroid dienone is 1. The lowest BCUT2D eigenvalue weighted by Gasteiger charge is -2.10. The van der Waals surface area contributed by atoms with Gasteiger partial charge in [-0.3, -0.25) is 4.79 Å². The summed E-state index contributed by atoms with van der Waals surface area (Å²) in [5.41, 5.74) is 5.13. The summed E-state index contributed by atoms with van der Waals surface area (Å²) in [5, 5.41) is 9.36. The van der Waals surface area contributed by atoms with Crippen molar-refractivity contribution < 1.29 is 9.90 Å². The Morgan fingerprint density at radius 2 is 2.50 bits per heavy atom. The van der Waals surface area contributed by atoms with Crippen molar-refractivity contribution in [1.82, 2.24) is 0 Å². The molecule has 1 saturated carbocycles. The SMILES string of the molecule is C[C@H](N)C(=O)[C@@]12C=C[C@@H](O)[C@@H]1C2. The lowest BCUT2D eigenvalue weighted by Crippen LogP contribution is -2.33. The summed E-state index contributed by atoms with van der Waals surface area (Å²) in [6.45, 7) is 1.70. The number of rotatable bonds is 2. The fraction of sp³-hybridized carbons (Fsp3) is 0.667. The van der Waals surface area contributed by atoms with E-state index in [0.717, 1.165) is 6.42 Å². The maximum atomic E-state index is 11.6. The van der Waals surface area contributed by atoms with E-state index in [2.05, 4.69) is 0 Å². The summed E-state index contributed by atoms with van der Waals surface area (Å²) in [7, 11) is 0. The molecule has 0 bridgehead atoms. The van der Waals surface area contributed by atoms with Gasteiger partial charge in [0.25, 0.3) is 0 Å². The van der Waals surface area contributed by atoms with Crippen LogP contribution in [0.1, 0.15) is 13.3 Å². The summed E-state index contributed by atoms with van der Waals surface area (Å²) < 4.78 is 0. The van der Waals surface area contributed by atoms with Crippen molar-refractivity contribution in [3.63, 3.8) is 0 Å². The summed E-state index contributed by atoms with van der Waals surface area (Å²) in [4.78, 5) is 11.6. The first-order valence-electron chi connectivity index (χ1n) is 4.25. The van der Waals surface area contributed by atoms with E-state index in [1.165, 1.54) is 0 Å². The summed E-state index contributed by atoms with van der Waals surface area (Å²) in [6, 6.07) is -0.412. The Labute approximate surface area is 71.3 Å². The number of ketones is 1. The zero-order valence-electron chi connectivity index (χ0n) is 7.03. The van der Waals surface area contributed by atoms with Crippen LogP contribution in [0.25, 0.3) is 0 Å². The Morgan fingerprint density at radius 1 is 1.83 bits per heavy atom. The zero-order chi connectivity index (χ0) is 8.93. The first-order valence-corrected chi connectivity index (χ1v) is 4.25. The van der Waals surface area contributed by atoms with E-state index >= 15 is 0 Å². The molecule has 0 saturated heterocycles. The van der Waals surface area contributed by atoms with Crippen LogP contribution in [0.3, 0.4) is 0 Å². The van der Waals surface area contributed by atoms with Gasteiger partial charge in [0, 0.05) is 5.92 Å². The van der Waals surface area contributed by atoms with Crippen molar-refractivity contribution in [3.8, 4) is 0 Å². The Kier molecular flexibility index (Phi) is 1.44. The molecule has 0 unspecified atom stereocenters. The maximum Gasteiger partial charge on any atom is 0.159 e. The molecule has 3 N–H and O–H groups in total. The van der Waals surface area contributed by atoms with Gasteiger partial charge in [0.15, 0.2) is 5.78 Å². The van der Waals surface area contributed by atoms with Crippen LogP contribution in [-0.4, -0.2) is 23.0 Å². The fourth-order valence-corrected chi connectivity index (χ4v) is 2.12. The topological polar surface area (TPSA) is 63.3 Å². The molecule has 0 aromatic carbocycles. The number of aliphatic hydroxyl groups excluding tert-OH is 1. The lowest BCUT2D eigenvalue weighted by molar-refractivity contribution is -0.124. The monoisotopic (exact) mass is 167 g/mol. The molecule has 0 aromatic heterocycles. The molecule has 2 aliphatic rings. The quantitative estimate of drug-likeness (QED) is 0.562. The third-order valence-corrected chi connectivity index (χ3v) is 2.93. The smallest absolute Gasteiger partial charge is 0.159 e. The van der Waals surface area contributed by atoms with Gasteiger partial charge in [-0.05, 0) is 13.3 Å².